The SMILES string of the molecule is Cc1cc(O)cc(C)c1OC(=O)C(N)=O. The number of carbonyl (C=O) groups excluding carboxylic acids is 2. The number of phenolic OH excluding ortho intramolecular Hbond substituents is 1. The topological polar surface area (TPSA) is 89.6 Å². The molecule has 1 aromatic rings. The molecule has 80 valence electrons. The molecule has 0 heterocycles. The number of phenols is 1. The number of aromatic hydroxyl groups is 1. The van der Waals surface area contributed by atoms with Crippen molar-refractivity contribution in [3.05, 3.63) is 23.3 Å². The number of hydrogen-bond acceptors (Lipinski definition) is 4. The number of ether oxygens (including phenoxy) is 1. The fourth-order valence-corrected chi connectivity index (χ4v) is 1.23. The largest absolute Gasteiger partial charge is 0.508 e. The number of hydrogen-bond donors (Lipinski definition) is 2. The van der Waals surface area contributed by atoms with Crippen molar-refractivity contribution in [1.29, 1.82) is 0 Å². The molecule has 15 heavy (non-hydrogen) atoms. The number of carbonyl (C=O) groups is 2. The van der Waals surface area contributed by atoms with E-state index in [1.54, 1.807) is 13.8 Å². The third-order valence-corrected chi connectivity index (χ3v) is 1.84. The Labute approximate surface area is 86.5 Å². The van der Waals surface area contributed by atoms with Crippen molar-refractivity contribution in [2.24, 2.45) is 5.73 Å². The predicted octanol–water partition coefficient (Wildman–Crippen LogP) is 0.400. The lowest BCUT2D eigenvalue weighted by molar-refractivity contribution is -0.146. The van der Waals surface area contributed by atoms with Crippen molar-refractivity contribution >= 4 is 11.9 Å². The van der Waals surface area contributed by atoms with Crippen LogP contribution >= 0.6 is 0 Å². The van der Waals surface area contributed by atoms with Gasteiger partial charge < -0.3 is 15.6 Å². The van der Waals surface area contributed by atoms with Gasteiger partial charge in [-0.2, -0.15) is 0 Å². The number of esters is 1. The summed E-state index contributed by atoms with van der Waals surface area (Å²) in [5, 5.41) is 9.23. The first-order valence-corrected chi connectivity index (χ1v) is 4.23. The van der Waals surface area contributed by atoms with Crippen LogP contribution in [0.15, 0.2) is 12.1 Å². The van der Waals surface area contributed by atoms with E-state index in [4.69, 9.17) is 10.5 Å². The van der Waals surface area contributed by atoms with E-state index in [0.29, 0.717) is 11.1 Å². The van der Waals surface area contributed by atoms with Gasteiger partial charge in [0, 0.05) is 0 Å². The van der Waals surface area contributed by atoms with Crippen molar-refractivity contribution in [3.63, 3.8) is 0 Å². The Morgan fingerprint density at radius 2 is 1.73 bits per heavy atom. The summed E-state index contributed by atoms with van der Waals surface area (Å²) in [5.74, 6) is -1.95. The summed E-state index contributed by atoms with van der Waals surface area (Å²) in [6, 6.07) is 2.85. The van der Waals surface area contributed by atoms with Gasteiger partial charge in [0.05, 0.1) is 0 Å². The number of rotatable bonds is 1. The van der Waals surface area contributed by atoms with E-state index in [1.807, 2.05) is 0 Å². The fraction of sp³-hybridized carbons (Fsp3) is 0.200. The smallest absolute Gasteiger partial charge is 0.401 e. The molecule has 0 radical (unpaired) electrons. The number of benzene rings is 1. The van der Waals surface area contributed by atoms with Crippen LogP contribution in [0.3, 0.4) is 0 Å². The van der Waals surface area contributed by atoms with Crippen LogP contribution in [0.1, 0.15) is 11.1 Å². The Balaban J connectivity index is 3.05. The Bertz CT molecular complexity index is 402. The zero-order valence-electron chi connectivity index (χ0n) is 8.40. The number of nitrogens with two attached hydrogens (primary N) is 1. The van der Waals surface area contributed by atoms with Gasteiger partial charge in [0.25, 0.3) is 0 Å². The number of primary amides is 1. The van der Waals surface area contributed by atoms with E-state index in [-0.39, 0.29) is 11.5 Å². The van der Waals surface area contributed by atoms with Crippen LogP contribution in [0, 0.1) is 13.8 Å². The van der Waals surface area contributed by atoms with Gasteiger partial charge in [-0.05, 0) is 37.1 Å². The Morgan fingerprint density at radius 3 is 2.13 bits per heavy atom. The third kappa shape index (κ3) is 2.46. The molecule has 0 aliphatic carbocycles. The molecule has 0 atom stereocenters. The monoisotopic (exact) mass is 209 g/mol. The summed E-state index contributed by atoms with van der Waals surface area (Å²) >= 11 is 0. The highest BCUT2D eigenvalue weighted by Crippen LogP contribution is 2.27. The minimum absolute atomic E-state index is 0.0730. The molecule has 0 saturated heterocycles. The molecular formula is C10H11NO4. The second kappa shape index (κ2) is 4.00. The molecule has 5 nitrogen and oxygen atoms in total. The van der Waals surface area contributed by atoms with Crippen LogP contribution in [0.4, 0.5) is 0 Å². The van der Waals surface area contributed by atoms with Gasteiger partial charge in [0.2, 0.25) is 0 Å². The summed E-state index contributed by atoms with van der Waals surface area (Å²) < 4.78 is 4.77. The molecule has 0 aromatic heterocycles. The second-order valence-electron chi connectivity index (χ2n) is 3.16. The molecule has 0 saturated carbocycles. The highest BCUT2D eigenvalue weighted by molar-refractivity contribution is 6.32. The zero-order valence-corrected chi connectivity index (χ0v) is 8.40. The van der Waals surface area contributed by atoms with Crippen LogP contribution in [-0.4, -0.2) is 17.0 Å². The second-order valence-corrected chi connectivity index (χ2v) is 3.16. The van der Waals surface area contributed by atoms with Crippen LogP contribution < -0.4 is 10.5 Å². The van der Waals surface area contributed by atoms with Gasteiger partial charge in [-0.3, -0.25) is 4.79 Å². The molecule has 1 aromatic carbocycles. The molecule has 5 heteroatoms. The average Bonchev–Trinajstić information content (AvgIpc) is 2.10. The van der Waals surface area contributed by atoms with Crippen LogP contribution in [-0.2, 0) is 9.59 Å². The summed E-state index contributed by atoms with van der Waals surface area (Å²) in [5.41, 5.74) is 5.87. The summed E-state index contributed by atoms with van der Waals surface area (Å²) in [6.07, 6.45) is 0. The lowest BCUT2D eigenvalue weighted by Crippen LogP contribution is -2.28. The van der Waals surface area contributed by atoms with E-state index < -0.39 is 11.9 Å². The summed E-state index contributed by atoms with van der Waals surface area (Å²) in [7, 11) is 0. The van der Waals surface area contributed by atoms with Crippen LogP contribution in [0.5, 0.6) is 11.5 Å². The normalized spacial score (nSPS) is 9.73. The first-order chi connectivity index (χ1) is 6.91. The maximum Gasteiger partial charge on any atom is 0.401 e. The van der Waals surface area contributed by atoms with Crippen molar-refractivity contribution in [1.82, 2.24) is 0 Å². The Kier molecular flexibility index (Phi) is 2.94. The maximum absolute atomic E-state index is 10.9. The minimum Gasteiger partial charge on any atom is -0.508 e. The van der Waals surface area contributed by atoms with E-state index in [0.717, 1.165) is 0 Å². The van der Waals surface area contributed by atoms with E-state index in [9.17, 15) is 14.7 Å². The third-order valence-electron chi connectivity index (χ3n) is 1.84. The zero-order chi connectivity index (χ0) is 11.6. The number of aryl methyl sites for hydroxylation is 2. The average molecular weight is 209 g/mol. The van der Waals surface area contributed by atoms with Gasteiger partial charge in [0.1, 0.15) is 11.5 Å². The molecule has 0 aliphatic rings. The molecular weight excluding hydrogens is 198 g/mol. The van der Waals surface area contributed by atoms with Crippen molar-refractivity contribution in [2.45, 2.75) is 13.8 Å². The first kappa shape index (κ1) is 11.0. The van der Waals surface area contributed by atoms with E-state index in [2.05, 4.69) is 0 Å². The van der Waals surface area contributed by atoms with Crippen LogP contribution in [0.2, 0.25) is 0 Å². The van der Waals surface area contributed by atoms with Gasteiger partial charge in [-0.1, -0.05) is 0 Å². The Morgan fingerprint density at radius 1 is 1.27 bits per heavy atom. The summed E-state index contributed by atoms with van der Waals surface area (Å²) in [4.78, 5) is 21.4. The molecule has 1 amide bonds. The molecule has 0 fully saturated rings. The maximum atomic E-state index is 10.9. The van der Waals surface area contributed by atoms with Gasteiger partial charge in [0.15, 0.2) is 0 Å². The van der Waals surface area contributed by atoms with Crippen molar-refractivity contribution in [2.75, 3.05) is 0 Å². The molecule has 0 bridgehead atoms. The standard InChI is InChI=1S/C10H11NO4/c1-5-3-7(12)4-6(2)8(5)15-10(14)9(11)13/h3-4,12H,1-2H3,(H2,11,13). The first-order valence-electron chi connectivity index (χ1n) is 4.23. The van der Waals surface area contributed by atoms with E-state index >= 15 is 0 Å². The molecule has 3 N–H and O–H groups in total. The number of amides is 1. The molecule has 0 spiro atoms. The lowest BCUT2D eigenvalue weighted by atomic mass is 10.1. The van der Waals surface area contributed by atoms with Crippen molar-refractivity contribution < 1.29 is 19.4 Å². The summed E-state index contributed by atoms with van der Waals surface area (Å²) in [6.45, 7) is 3.30. The van der Waals surface area contributed by atoms with Gasteiger partial charge in [-0.25, -0.2) is 4.79 Å². The predicted molar refractivity (Wildman–Crippen MR) is 52.4 cm³/mol. The molecule has 0 aliphatic heterocycles. The van der Waals surface area contributed by atoms with Gasteiger partial charge >= 0.3 is 11.9 Å². The molecule has 1 rings (SSSR count). The van der Waals surface area contributed by atoms with Gasteiger partial charge in [-0.15, -0.1) is 0 Å². The fourth-order valence-electron chi connectivity index (χ4n) is 1.23. The van der Waals surface area contributed by atoms with Crippen molar-refractivity contribution in [3.8, 4) is 11.5 Å². The molecule has 0 unspecified atom stereocenters. The highest BCUT2D eigenvalue weighted by Gasteiger charge is 2.15. The minimum atomic E-state index is -1.15. The Hall–Kier alpha value is -2.04. The highest BCUT2D eigenvalue weighted by atomic mass is 16.5. The lowest BCUT2D eigenvalue weighted by Gasteiger charge is -2.09. The van der Waals surface area contributed by atoms with E-state index in [1.165, 1.54) is 12.1 Å². The van der Waals surface area contributed by atoms with Crippen LogP contribution in [0.25, 0.3) is 0 Å². The quantitative estimate of drug-likeness (QED) is 0.398.